The number of carbonyl (C=O) groups is 2. The number of halogens is 2. The molecule has 1 amide bonds. The van der Waals surface area contributed by atoms with Gasteiger partial charge in [0.05, 0.1) is 5.69 Å². The van der Waals surface area contributed by atoms with Crippen molar-refractivity contribution in [1.29, 1.82) is 0 Å². The Hall–Kier alpha value is -2.65. The Morgan fingerprint density at radius 1 is 1.14 bits per heavy atom. The molecule has 2 aromatic carbocycles. The second kappa shape index (κ2) is 7.76. The van der Waals surface area contributed by atoms with Gasteiger partial charge in [-0.2, -0.15) is 0 Å². The van der Waals surface area contributed by atoms with Crippen LogP contribution in [0.1, 0.15) is 9.67 Å². The van der Waals surface area contributed by atoms with Gasteiger partial charge in [-0.1, -0.05) is 0 Å². The fourth-order valence-corrected chi connectivity index (χ4v) is 4.02. The van der Waals surface area contributed by atoms with E-state index in [2.05, 4.69) is 21.2 Å². The molecule has 1 N–H and O–H groups in total. The van der Waals surface area contributed by atoms with E-state index < -0.39 is 18.5 Å². The molecular formula is C19H13BrFNO5S. The molecule has 9 heteroatoms. The highest BCUT2D eigenvalue weighted by atomic mass is 79.9. The summed E-state index contributed by atoms with van der Waals surface area (Å²) in [5.41, 5.74) is 0.475. The molecule has 0 spiro atoms. The molecule has 6 nitrogen and oxygen atoms in total. The Morgan fingerprint density at radius 2 is 1.89 bits per heavy atom. The average Bonchev–Trinajstić information content (AvgIpc) is 3.10. The van der Waals surface area contributed by atoms with E-state index in [1.54, 1.807) is 24.3 Å². The van der Waals surface area contributed by atoms with Crippen LogP contribution in [0.3, 0.4) is 0 Å². The number of esters is 1. The molecule has 0 radical (unpaired) electrons. The molecule has 0 fully saturated rings. The second-order valence-corrected chi connectivity index (χ2v) is 7.83. The third-order valence-electron chi connectivity index (χ3n) is 3.92. The minimum absolute atomic E-state index is 0.300. The van der Waals surface area contributed by atoms with Gasteiger partial charge in [0, 0.05) is 21.3 Å². The van der Waals surface area contributed by atoms with E-state index in [9.17, 15) is 14.0 Å². The number of anilines is 1. The molecule has 1 aromatic heterocycles. The van der Waals surface area contributed by atoms with Crippen LogP contribution in [0, 0.1) is 5.82 Å². The molecular weight excluding hydrogens is 453 g/mol. The van der Waals surface area contributed by atoms with Crippen LogP contribution in [0.25, 0.3) is 10.1 Å². The van der Waals surface area contributed by atoms with Gasteiger partial charge in [0.15, 0.2) is 18.1 Å². The summed E-state index contributed by atoms with van der Waals surface area (Å²) >= 11 is 4.54. The first-order valence-corrected chi connectivity index (χ1v) is 9.86. The van der Waals surface area contributed by atoms with Gasteiger partial charge in [-0.25, -0.2) is 9.18 Å². The molecule has 0 saturated carbocycles. The summed E-state index contributed by atoms with van der Waals surface area (Å²) in [5, 5.41) is 3.27. The summed E-state index contributed by atoms with van der Waals surface area (Å²) in [7, 11) is 0. The summed E-state index contributed by atoms with van der Waals surface area (Å²) in [4.78, 5) is 24.6. The lowest BCUT2D eigenvalue weighted by atomic mass is 10.2. The predicted molar refractivity (Wildman–Crippen MR) is 106 cm³/mol. The first-order valence-electron chi connectivity index (χ1n) is 8.25. The smallest absolute Gasteiger partial charge is 0.348 e. The maximum Gasteiger partial charge on any atom is 0.348 e. The number of rotatable bonds is 4. The van der Waals surface area contributed by atoms with Crippen LogP contribution < -0.4 is 14.8 Å². The zero-order valence-corrected chi connectivity index (χ0v) is 16.7. The van der Waals surface area contributed by atoms with Crippen molar-refractivity contribution in [3.8, 4) is 11.5 Å². The molecule has 1 aliphatic rings. The third kappa shape index (κ3) is 3.95. The number of amides is 1. The highest BCUT2D eigenvalue weighted by Crippen LogP contribution is 2.38. The van der Waals surface area contributed by atoms with Gasteiger partial charge >= 0.3 is 5.97 Å². The van der Waals surface area contributed by atoms with Crippen LogP contribution in [-0.4, -0.2) is 31.7 Å². The topological polar surface area (TPSA) is 73.9 Å². The summed E-state index contributed by atoms with van der Waals surface area (Å²) in [6, 6.07) is 9.14. The Balaban J connectivity index is 1.39. The number of ether oxygens (including phenoxy) is 3. The second-order valence-electron chi connectivity index (χ2n) is 5.89. The van der Waals surface area contributed by atoms with Crippen molar-refractivity contribution in [3.05, 3.63) is 51.6 Å². The van der Waals surface area contributed by atoms with Crippen molar-refractivity contribution in [3.63, 3.8) is 0 Å². The standard InChI is InChI=1S/C19H13BrFNO5S/c20-12-7-14-15(26-4-3-25-14)8-13(12)22-18(23)9-27-19(24)17-6-10-5-11(21)1-2-16(10)28-17/h1-2,5-8H,3-4,9H2,(H,22,23). The van der Waals surface area contributed by atoms with Crippen molar-refractivity contribution in [1.82, 2.24) is 0 Å². The van der Waals surface area contributed by atoms with E-state index in [0.29, 0.717) is 45.1 Å². The summed E-state index contributed by atoms with van der Waals surface area (Å²) in [6.07, 6.45) is 0. The summed E-state index contributed by atoms with van der Waals surface area (Å²) < 4.78 is 30.7. The van der Waals surface area contributed by atoms with Gasteiger partial charge in [-0.3, -0.25) is 4.79 Å². The highest BCUT2D eigenvalue weighted by molar-refractivity contribution is 9.10. The van der Waals surface area contributed by atoms with E-state index in [1.807, 2.05) is 0 Å². The quantitative estimate of drug-likeness (QED) is 0.579. The molecule has 2 heterocycles. The molecule has 3 aromatic rings. The molecule has 4 rings (SSSR count). The Morgan fingerprint density at radius 3 is 2.68 bits per heavy atom. The molecule has 0 saturated heterocycles. The first-order chi connectivity index (χ1) is 13.5. The van der Waals surface area contributed by atoms with Crippen LogP contribution in [0.15, 0.2) is 40.9 Å². The normalized spacial score (nSPS) is 12.6. The van der Waals surface area contributed by atoms with E-state index in [4.69, 9.17) is 14.2 Å². The van der Waals surface area contributed by atoms with Crippen molar-refractivity contribution in [2.24, 2.45) is 0 Å². The van der Waals surface area contributed by atoms with Crippen LogP contribution in [0.5, 0.6) is 11.5 Å². The maximum atomic E-state index is 13.3. The molecule has 144 valence electrons. The van der Waals surface area contributed by atoms with E-state index in [0.717, 1.165) is 4.70 Å². The molecule has 0 bridgehead atoms. The molecule has 0 unspecified atom stereocenters. The minimum Gasteiger partial charge on any atom is -0.486 e. The SMILES string of the molecule is O=C(COC(=O)c1cc2cc(F)ccc2s1)Nc1cc2c(cc1Br)OCCO2. The van der Waals surface area contributed by atoms with Gasteiger partial charge in [0.25, 0.3) is 5.91 Å². The molecule has 0 aliphatic carbocycles. The van der Waals surface area contributed by atoms with Crippen LogP contribution in [0.4, 0.5) is 10.1 Å². The Bertz CT molecular complexity index is 1080. The molecule has 28 heavy (non-hydrogen) atoms. The van der Waals surface area contributed by atoms with Gasteiger partial charge < -0.3 is 19.5 Å². The maximum absolute atomic E-state index is 13.3. The van der Waals surface area contributed by atoms with Gasteiger partial charge in [0.2, 0.25) is 0 Å². The first kappa shape index (κ1) is 18.7. The van der Waals surface area contributed by atoms with Gasteiger partial charge in [0.1, 0.15) is 23.9 Å². The van der Waals surface area contributed by atoms with Crippen molar-refractivity contribution >= 4 is 54.9 Å². The lowest BCUT2D eigenvalue weighted by molar-refractivity contribution is -0.119. The highest BCUT2D eigenvalue weighted by Gasteiger charge is 2.18. The van der Waals surface area contributed by atoms with Gasteiger partial charge in [-0.15, -0.1) is 11.3 Å². The fraction of sp³-hybridized carbons (Fsp3) is 0.158. The Kier molecular flexibility index (Phi) is 5.19. The fourth-order valence-electron chi connectivity index (χ4n) is 2.66. The lowest BCUT2D eigenvalue weighted by Crippen LogP contribution is -2.21. The minimum atomic E-state index is -0.641. The van der Waals surface area contributed by atoms with E-state index >= 15 is 0 Å². The zero-order valence-electron chi connectivity index (χ0n) is 14.3. The number of nitrogens with one attached hydrogen (secondary N) is 1. The van der Waals surface area contributed by atoms with Crippen molar-refractivity contribution in [2.45, 2.75) is 0 Å². The number of fused-ring (bicyclic) bond motifs is 2. The Labute approximate surface area is 171 Å². The largest absolute Gasteiger partial charge is 0.486 e. The van der Waals surface area contributed by atoms with E-state index in [1.165, 1.54) is 23.5 Å². The summed E-state index contributed by atoms with van der Waals surface area (Å²) in [6.45, 7) is 0.437. The van der Waals surface area contributed by atoms with E-state index in [-0.39, 0.29) is 5.82 Å². The predicted octanol–water partition coefficient (Wildman–Crippen LogP) is 4.37. The number of hydrogen-bond donors (Lipinski definition) is 1. The van der Waals surface area contributed by atoms with Crippen LogP contribution in [0.2, 0.25) is 0 Å². The van der Waals surface area contributed by atoms with Gasteiger partial charge in [-0.05, 0) is 45.6 Å². The lowest BCUT2D eigenvalue weighted by Gasteiger charge is -2.20. The number of hydrogen-bond acceptors (Lipinski definition) is 6. The number of benzene rings is 2. The van der Waals surface area contributed by atoms with Crippen molar-refractivity contribution in [2.75, 3.05) is 25.1 Å². The third-order valence-corrected chi connectivity index (χ3v) is 5.67. The molecule has 1 aliphatic heterocycles. The number of carbonyl (C=O) groups excluding carboxylic acids is 2. The molecule has 0 atom stereocenters. The average molecular weight is 466 g/mol. The summed E-state index contributed by atoms with van der Waals surface area (Å²) in [5.74, 6) is -0.409. The van der Waals surface area contributed by atoms with Crippen molar-refractivity contribution < 1.29 is 28.2 Å². The zero-order chi connectivity index (χ0) is 19.7. The van der Waals surface area contributed by atoms with Crippen LogP contribution >= 0.6 is 27.3 Å². The monoisotopic (exact) mass is 465 g/mol. The number of thiophene rings is 1. The van der Waals surface area contributed by atoms with Crippen LogP contribution in [-0.2, 0) is 9.53 Å².